The molecule has 0 atom stereocenters. The number of hydrogen-bond acceptors (Lipinski definition) is 4. The Balaban J connectivity index is 2.67. The maximum absolute atomic E-state index is 12.2. The lowest BCUT2D eigenvalue weighted by atomic mass is 10.1. The number of carboxylic acids is 1. The minimum Gasteiger partial charge on any atom is -0.497 e. The Hall–Kier alpha value is -2.24. The first kappa shape index (κ1) is 18.8. The maximum atomic E-state index is 12.2. The molecule has 1 aromatic carbocycles. The fourth-order valence-corrected chi connectivity index (χ4v) is 1.91. The second-order valence-electron chi connectivity index (χ2n) is 6.21. The van der Waals surface area contributed by atoms with Gasteiger partial charge in [0.15, 0.2) is 0 Å². The normalized spacial score (nSPS) is 11.0. The second-order valence-corrected chi connectivity index (χ2v) is 6.21. The van der Waals surface area contributed by atoms with E-state index in [4.69, 9.17) is 14.6 Å². The van der Waals surface area contributed by atoms with Crippen molar-refractivity contribution in [1.29, 1.82) is 0 Å². The van der Waals surface area contributed by atoms with Crippen LogP contribution in [-0.2, 0) is 16.0 Å². The molecule has 0 saturated carbocycles. The van der Waals surface area contributed by atoms with Crippen LogP contribution in [0.15, 0.2) is 24.3 Å². The van der Waals surface area contributed by atoms with Crippen molar-refractivity contribution in [3.8, 4) is 5.75 Å². The molecule has 0 aliphatic heterocycles. The van der Waals surface area contributed by atoms with Gasteiger partial charge in [0.25, 0.3) is 0 Å². The summed E-state index contributed by atoms with van der Waals surface area (Å²) >= 11 is 0. The number of methoxy groups -OCH3 is 1. The molecule has 0 fully saturated rings. The van der Waals surface area contributed by atoms with Crippen LogP contribution in [0.3, 0.4) is 0 Å². The second kappa shape index (κ2) is 8.41. The van der Waals surface area contributed by atoms with Crippen molar-refractivity contribution >= 4 is 12.1 Å². The Bertz CT molecular complexity index is 519. The highest BCUT2D eigenvalue weighted by Crippen LogP contribution is 2.14. The molecule has 0 spiro atoms. The van der Waals surface area contributed by atoms with Gasteiger partial charge in [0.05, 0.1) is 13.5 Å². The van der Waals surface area contributed by atoms with E-state index in [9.17, 15) is 9.59 Å². The van der Waals surface area contributed by atoms with E-state index >= 15 is 0 Å². The fraction of sp³-hybridized carbons (Fsp3) is 0.529. The minimum atomic E-state index is -0.942. The number of aliphatic carboxylic acids is 1. The van der Waals surface area contributed by atoms with Crippen LogP contribution in [0.2, 0.25) is 0 Å². The van der Waals surface area contributed by atoms with Crippen LogP contribution in [0.5, 0.6) is 5.75 Å². The lowest BCUT2D eigenvalue weighted by molar-refractivity contribution is -0.137. The van der Waals surface area contributed by atoms with E-state index in [2.05, 4.69) is 0 Å². The molecule has 0 saturated heterocycles. The quantitative estimate of drug-likeness (QED) is 0.835. The Labute approximate surface area is 137 Å². The van der Waals surface area contributed by atoms with Gasteiger partial charge in [-0.25, -0.2) is 4.79 Å². The average Bonchev–Trinajstić information content (AvgIpc) is 2.45. The number of nitrogens with zero attached hydrogens (tertiary/aromatic N) is 1. The van der Waals surface area contributed by atoms with Crippen LogP contribution < -0.4 is 4.74 Å². The number of hydrogen-bond donors (Lipinski definition) is 1. The van der Waals surface area contributed by atoms with Gasteiger partial charge in [-0.2, -0.15) is 0 Å². The van der Waals surface area contributed by atoms with Crippen LogP contribution in [0, 0.1) is 0 Å². The van der Waals surface area contributed by atoms with Crippen molar-refractivity contribution in [1.82, 2.24) is 4.90 Å². The maximum Gasteiger partial charge on any atom is 0.410 e. The summed E-state index contributed by atoms with van der Waals surface area (Å²) in [5.74, 6) is -0.174. The zero-order valence-corrected chi connectivity index (χ0v) is 14.2. The highest BCUT2D eigenvalue weighted by atomic mass is 16.6. The van der Waals surface area contributed by atoms with E-state index < -0.39 is 17.7 Å². The summed E-state index contributed by atoms with van der Waals surface area (Å²) in [6.45, 7) is 5.87. The Kier molecular flexibility index (Phi) is 6.88. The van der Waals surface area contributed by atoms with Crippen LogP contribution in [0.1, 0.15) is 32.8 Å². The molecular formula is C17H25NO5. The zero-order valence-electron chi connectivity index (χ0n) is 14.2. The molecule has 1 amide bonds. The third kappa shape index (κ3) is 7.54. The lowest BCUT2D eigenvalue weighted by Gasteiger charge is -2.27. The van der Waals surface area contributed by atoms with Crippen molar-refractivity contribution in [3.05, 3.63) is 29.8 Å². The molecule has 0 unspecified atom stereocenters. The highest BCUT2D eigenvalue weighted by Gasteiger charge is 2.22. The van der Waals surface area contributed by atoms with Crippen molar-refractivity contribution in [2.45, 2.75) is 39.2 Å². The first-order valence-corrected chi connectivity index (χ1v) is 7.54. The molecule has 0 radical (unpaired) electrons. The number of benzene rings is 1. The molecule has 1 rings (SSSR count). The first-order valence-electron chi connectivity index (χ1n) is 7.54. The molecule has 128 valence electrons. The van der Waals surface area contributed by atoms with E-state index in [-0.39, 0.29) is 13.0 Å². The van der Waals surface area contributed by atoms with Gasteiger partial charge in [0.2, 0.25) is 0 Å². The molecular weight excluding hydrogens is 298 g/mol. The van der Waals surface area contributed by atoms with Crippen molar-refractivity contribution < 1.29 is 24.2 Å². The van der Waals surface area contributed by atoms with E-state index in [1.54, 1.807) is 27.9 Å². The van der Waals surface area contributed by atoms with E-state index in [0.29, 0.717) is 13.0 Å². The smallest absolute Gasteiger partial charge is 0.410 e. The lowest BCUT2D eigenvalue weighted by Crippen LogP contribution is -2.39. The molecule has 0 heterocycles. The summed E-state index contributed by atoms with van der Waals surface area (Å²) < 4.78 is 10.4. The van der Waals surface area contributed by atoms with Crippen molar-refractivity contribution in [3.63, 3.8) is 0 Å². The summed E-state index contributed by atoms with van der Waals surface area (Å²) in [5, 5.41) is 8.83. The van der Waals surface area contributed by atoms with Gasteiger partial charge in [-0.15, -0.1) is 0 Å². The van der Waals surface area contributed by atoms with Gasteiger partial charge in [0, 0.05) is 13.1 Å². The standard InChI is InChI=1S/C17H25NO5/c1-17(2,3)23-16(21)18(12-10-15(19)20)11-9-13-5-7-14(22-4)8-6-13/h5-8H,9-12H2,1-4H3,(H,19,20). The van der Waals surface area contributed by atoms with E-state index in [1.165, 1.54) is 4.90 Å². The number of amides is 1. The van der Waals surface area contributed by atoms with Crippen LogP contribution in [-0.4, -0.2) is 47.9 Å². The van der Waals surface area contributed by atoms with Gasteiger partial charge in [-0.05, 0) is 44.9 Å². The first-order chi connectivity index (χ1) is 10.7. The van der Waals surface area contributed by atoms with Crippen molar-refractivity contribution in [2.75, 3.05) is 20.2 Å². The molecule has 0 aliphatic rings. The summed E-state index contributed by atoms with van der Waals surface area (Å²) in [7, 11) is 1.60. The monoisotopic (exact) mass is 323 g/mol. The number of rotatable bonds is 7. The molecule has 6 nitrogen and oxygen atoms in total. The topological polar surface area (TPSA) is 76.1 Å². The largest absolute Gasteiger partial charge is 0.497 e. The Morgan fingerprint density at radius 2 is 1.74 bits per heavy atom. The highest BCUT2D eigenvalue weighted by molar-refractivity contribution is 5.70. The fourth-order valence-electron chi connectivity index (χ4n) is 1.91. The Morgan fingerprint density at radius 1 is 1.13 bits per heavy atom. The molecule has 0 aromatic heterocycles. The molecule has 0 bridgehead atoms. The van der Waals surface area contributed by atoms with Crippen LogP contribution in [0.25, 0.3) is 0 Å². The van der Waals surface area contributed by atoms with Gasteiger partial charge in [-0.1, -0.05) is 12.1 Å². The number of carboxylic acid groups (broad SMARTS) is 1. The minimum absolute atomic E-state index is 0.109. The zero-order chi connectivity index (χ0) is 17.5. The number of carbonyl (C=O) groups excluding carboxylic acids is 1. The van der Waals surface area contributed by atoms with Gasteiger partial charge < -0.3 is 19.5 Å². The summed E-state index contributed by atoms with van der Waals surface area (Å²) in [6, 6.07) is 7.54. The predicted molar refractivity (Wildman–Crippen MR) is 86.8 cm³/mol. The summed E-state index contributed by atoms with van der Waals surface area (Å²) in [4.78, 5) is 24.4. The summed E-state index contributed by atoms with van der Waals surface area (Å²) in [6.07, 6.45) is 0.0114. The molecule has 0 aliphatic carbocycles. The molecule has 1 aromatic rings. The molecule has 23 heavy (non-hydrogen) atoms. The van der Waals surface area contributed by atoms with Gasteiger partial charge in [0.1, 0.15) is 11.4 Å². The van der Waals surface area contributed by atoms with Crippen LogP contribution in [0.4, 0.5) is 4.79 Å². The third-order valence-corrected chi connectivity index (χ3v) is 3.08. The van der Waals surface area contributed by atoms with E-state index in [1.807, 2.05) is 24.3 Å². The SMILES string of the molecule is COc1ccc(CCN(CCC(=O)O)C(=O)OC(C)(C)C)cc1. The average molecular weight is 323 g/mol. The predicted octanol–water partition coefficient (Wildman–Crippen LogP) is 2.95. The third-order valence-electron chi connectivity index (χ3n) is 3.08. The van der Waals surface area contributed by atoms with Crippen molar-refractivity contribution in [2.24, 2.45) is 0 Å². The molecule has 6 heteroatoms. The number of ether oxygens (including phenoxy) is 2. The van der Waals surface area contributed by atoms with Gasteiger partial charge in [-0.3, -0.25) is 4.79 Å². The summed E-state index contributed by atoms with van der Waals surface area (Å²) in [5.41, 5.74) is 0.424. The number of carbonyl (C=O) groups is 2. The molecule has 1 N–H and O–H groups in total. The van der Waals surface area contributed by atoms with Crippen LogP contribution >= 0.6 is 0 Å². The van der Waals surface area contributed by atoms with E-state index in [0.717, 1.165) is 11.3 Å². The Morgan fingerprint density at radius 3 is 2.22 bits per heavy atom. The van der Waals surface area contributed by atoms with Gasteiger partial charge >= 0.3 is 12.1 Å².